The van der Waals surface area contributed by atoms with Gasteiger partial charge < -0.3 is 50.6 Å². The molecule has 0 amide bonds. The van der Waals surface area contributed by atoms with Crippen LogP contribution in [-0.4, -0.2) is 91.8 Å². The summed E-state index contributed by atoms with van der Waals surface area (Å²) in [5, 5.41) is 65.6. The van der Waals surface area contributed by atoms with E-state index in [1.54, 1.807) is 0 Å². The molecule has 1 heterocycles. The molecule has 214 valence electrons. The van der Waals surface area contributed by atoms with E-state index in [-0.39, 0.29) is 23.3 Å². The monoisotopic (exact) mass is 559 g/mol. The predicted octanol–water partition coefficient (Wildman–Crippen LogP) is -0.895. The number of aliphatic hydroxyl groups excluding tert-OH is 2. The highest BCUT2D eigenvalue weighted by atomic mass is 16.7. The zero-order valence-corrected chi connectivity index (χ0v) is 21.6. The maximum atomic E-state index is 13.7. The molecule has 3 aliphatic rings. The number of carbonyl (C=O) groups is 3. The maximum absolute atomic E-state index is 13.7. The van der Waals surface area contributed by atoms with Crippen molar-refractivity contribution in [1.82, 2.24) is 0 Å². The summed E-state index contributed by atoms with van der Waals surface area (Å²) in [7, 11) is 1.28. The molecule has 0 saturated carbocycles. The van der Waals surface area contributed by atoms with Crippen molar-refractivity contribution in [3.63, 3.8) is 0 Å². The Kier molecular flexibility index (Phi) is 6.74. The first-order chi connectivity index (χ1) is 18.8. The molecular formula is C27H29NO12. The van der Waals surface area contributed by atoms with Crippen LogP contribution in [0.4, 0.5) is 0 Å². The molecule has 2 aromatic carbocycles. The number of hydrogen-bond acceptors (Lipinski definition) is 13. The van der Waals surface area contributed by atoms with Crippen molar-refractivity contribution < 1.29 is 59.2 Å². The molecule has 13 nitrogen and oxygen atoms in total. The second-order valence-electron chi connectivity index (χ2n) is 10.4. The van der Waals surface area contributed by atoms with Crippen molar-refractivity contribution in [2.75, 3.05) is 13.7 Å². The summed E-state index contributed by atoms with van der Waals surface area (Å²) in [4.78, 5) is 39.8. The molecule has 5 rings (SSSR count). The minimum absolute atomic E-state index is 0.0321. The number of rotatable bonds is 5. The quantitative estimate of drug-likeness (QED) is 0.149. The SMILES string of the molecule is COc1cccc2c1C(=O)c1c(O)c3c(c(O)c1C2=O)C[C@@](O)(C(=O)CO)C[C@]3(O)O[C@H]1C[C@H](N)[C@H](O)[C@H](C)O1. The van der Waals surface area contributed by atoms with E-state index in [0.29, 0.717) is 0 Å². The second kappa shape index (κ2) is 9.59. The number of fused-ring (bicyclic) bond motifs is 3. The predicted molar refractivity (Wildman–Crippen MR) is 133 cm³/mol. The van der Waals surface area contributed by atoms with Gasteiger partial charge in [-0.15, -0.1) is 0 Å². The Morgan fingerprint density at radius 3 is 2.42 bits per heavy atom. The van der Waals surface area contributed by atoms with Gasteiger partial charge in [-0.25, -0.2) is 0 Å². The average Bonchev–Trinajstić information content (AvgIpc) is 2.90. The fraction of sp³-hybridized carbons (Fsp3) is 0.444. The fourth-order valence-corrected chi connectivity index (χ4v) is 5.86. The van der Waals surface area contributed by atoms with Crippen LogP contribution in [-0.2, 0) is 26.5 Å². The topological polar surface area (TPSA) is 226 Å². The molecule has 6 atom stereocenters. The van der Waals surface area contributed by atoms with E-state index < -0.39 is 106 Å². The number of nitrogens with two attached hydrogens (primary N) is 1. The third-order valence-corrected chi connectivity index (χ3v) is 7.85. The maximum Gasteiger partial charge on any atom is 0.202 e. The van der Waals surface area contributed by atoms with E-state index in [4.69, 9.17) is 19.9 Å². The summed E-state index contributed by atoms with van der Waals surface area (Å²) in [5.41, 5.74) is 0.888. The Bertz CT molecular complexity index is 1430. The van der Waals surface area contributed by atoms with Gasteiger partial charge in [-0.05, 0) is 13.0 Å². The van der Waals surface area contributed by atoms with Crippen LogP contribution in [0.25, 0.3) is 0 Å². The molecule has 1 aliphatic heterocycles. The number of carbonyl (C=O) groups excluding carboxylic acids is 3. The first-order valence-electron chi connectivity index (χ1n) is 12.5. The number of phenols is 2. The minimum atomic E-state index is -2.81. The smallest absolute Gasteiger partial charge is 0.202 e. The molecule has 0 spiro atoms. The number of benzene rings is 2. The van der Waals surface area contributed by atoms with Gasteiger partial charge in [0, 0.05) is 36.4 Å². The van der Waals surface area contributed by atoms with Crippen LogP contribution >= 0.6 is 0 Å². The second-order valence-corrected chi connectivity index (χ2v) is 10.4. The van der Waals surface area contributed by atoms with Gasteiger partial charge in [0.05, 0.1) is 41.6 Å². The van der Waals surface area contributed by atoms with E-state index >= 15 is 0 Å². The standard InChI is InChI=1S/C27H29NO12/c1-10-21(31)13(28)6-16(39-10)40-27(37)9-26(36,15(30)8-29)7-12-20(27)25(35)19-18(23(12)33)22(32)11-4-3-5-14(38-2)17(11)24(19)34/h3-5,10,13,16,21,29,31,33,35-37H,6-9,28H2,1-2H3/t10-,13-,16-,21+,26-,27-/m0/s1. The van der Waals surface area contributed by atoms with Crippen LogP contribution in [0.1, 0.15) is 62.7 Å². The number of Topliss-reactive ketones (excluding diaryl/α,β-unsaturated/α-hetero) is 1. The lowest BCUT2D eigenvalue weighted by Gasteiger charge is -2.46. The molecule has 13 heteroatoms. The normalized spacial score (nSPS) is 31.3. The van der Waals surface area contributed by atoms with Crippen LogP contribution in [0.2, 0.25) is 0 Å². The van der Waals surface area contributed by atoms with Gasteiger partial charge in [-0.2, -0.15) is 0 Å². The molecular weight excluding hydrogens is 530 g/mol. The van der Waals surface area contributed by atoms with E-state index in [1.807, 2.05) is 0 Å². The summed E-state index contributed by atoms with van der Waals surface area (Å²) in [6.07, 6.45) is -5.11. The van der Waals surface area contributed by atoms with Gasteiger partial charge in [0.2, 0.25) is 11.6 Å². The van der Waals surface area contributed by atoms with E-state index in [1.165, 1.54) is 32.2 Å². The van der Waals surface area contributed by atoms with Gasteiger partial charge in [-0.1, -0.05) is 12.1 Å². The number of hydrogen-bond donors (Lipinski definition) is 7. The minimum Gasteiger partial charge on any atom is -0.507 e. The molecule has 8 N–H and O–H groups in total. The Balaban J connectivity index is 1.73. The van der Waals surface area contributed by atoms with Crippen molar-refractivity contribution in [2.24, 2.45) is 5.73 Å². The highest BCUT2D eigenvalue weighted by molar-refractivity contribution is 6.31. The molecule has 2 aromatic rings. The summed E-state index contributed by atoms with van der Waals surface area (Å²) in [6, 6.07) is 3.37. The van der Waals surface area contributed by atoms with E-state index in [2.05, 4.69) is 0 Å². The molecule has 0 aromatic heterocycles. The van der Waals surface area contributed by atoms with Crippen molar-refractivity contribution in [1.29, 1.82) is 0 Å². The Morgan fingerprint density at radius 2 is 1.80 bits per heavy atom. The largest absolute Gasteiger partial charge is 0.507 e. The third kappa shape index (κ3) is 4.01. The van der Waals surface area contributed by atoms with Crippen molar-refractivity contribution in [3.8, 4) is 17.2 Å². The van der Waals surface area contributed by atoms with Crippen LogP contribution < -0.4 is 10.5 Å². The number of phenolic OH excluding ortho intramolecular Hbond substituents is 2. The summed E-state index contributed by atoms with van der Waals surface area (Å²) in [6.45, 7) is 0.359. The van der Waals surface area contributed by atoms with Gasteiger partial charge in [0.15, 0.2) is 17.9 Å². The summed E-state index contributed by atoms with van der Waals surface area (Å²) in [5.74, 6) is -7.45. The van der Waals surface area contributed by atoms with Crippen molar-refractivity contribution >= 4 is 17.3 Å². The molecule has 0 unspecified atom stereocenters. The van der Waals surface area contributed by atoms with E-state index in [9.17, 15) is 45.0 Å². The lowest BCUT2D eigenvalue weighted by atomic mass is 9.70. The Hall–Kier alpha value is -3.43. The van der Waals surface area contributed by atoms with Gasteiger partial charge in [0.25, 0.3) is 0 Å². The van der Waals surface area contributed by atoms with Crippen LogP contribution in [0, 0.1) is 0 Å². The first kappa shape index (κ1) is 28.1. The van der Waals surface area contributed by atoms with Crippen LogP contribution in [0.3, 0.4) is 0 Å². The number of ketones is 3. The van der Waals surface area contributed by atoms with Crippen molar-refractivity contribution in [3.05, 3.63) is 51.6 Å². The summed E-state index contributed by atoms with van der Waals surface area (Å²) < 4.78 is 16.6. The zero-order valence-electron chi connectivity index (χ0n) is 21.6. The van der Waals surface area contributed by atoms with Crippen molar-refractivity contribution in [2.45, 2.75) is 62.1 Å². The number of aromatic hydroxyl groups is 2. The molecule has 2 aliphatic carbocycles. The lowest BCUT2D eigenvalue weighted by Crippen LogP contribution is -2.57. The highest BCUT2D eigenvalue weighted by Gasteiger charge is 2.56. The third-order valence-electron chi connectivity index (χ3n) is 7.85. The average molecular weight is 560 g/mol. The van der Waals surface area contributed by atoms with E-state index in [0.717, 1.165) is 0 Å². The number of methoxy groups -OCH3 is 1. The van der Waals surface area contributed by atoms with Gasteiger partial charge in [0.1, 0.15) is 29.5 Å². The van der Waals surface area contributed by atoms with Crippen LogP contribution in [0.5, 0.6) is 17.2 Å². The molecule has 1 saturated heterocycles. The molecule has 0 bridgehead atoms. The first-order valence-corrected chi connectivity index (χ1v) is 12.5. The Labute approximate surface area is 227 Å². The zero-order chi connectivity index (χ0) is 29.3. The highest BCUT2D eigenvalue weighted by Crippen LogP contribution is 2.54. The molecule has 40 heavy (non-hydrogen) atoms. The van der Waals surface area contributed by atoms with Gasteiger partial charge >= 0.3 is 0 Å². The lowest BCUT2D eigenvalue weighted by molar-refractivity contribution is -0.339. The van der Waals surface area contributed by atoms with Gasteiger partial charge in [-0.3, -0.25) is 14.4 Å². The number of ether oxygens (including phenoxy) is 3. The number of aliphatic hydroxyl groups is 4. The summed E-state index contributed by atoms with van der Waals surface area (Å²) >= 11 is 0. The van der Waals surface area contributed by atoms with Crippen LogP contribution in [0.15, 0.2) is 18.2 Å². The Morgan fingerprint density at radius 1 is 1.12 bits per heavy atom. The molecule has 0 radical (unpaired) electrons. The molecule has 1 fully saturated rings. The fourth-order valence-electron chi connectivity index (χ4n) is 5.86.